The number of aryl methyl sites for hydroxylation is 1. The molecule has 9 nitrogen and oxygen atoms in total. The van der Waals surface area contributed by atoms with Crippen LogP contribution in [0.1, 0.15) is 38.4 Å². The Bertz CT molecular complexity index is 1300. The van der Waals surface area contributed by atoms with Crippen molar-refractivity contribution < 1.29 is 18.0 Å². The zero-order valence-electron chi connectivity index (χ0n) is 18.2. The summed E-state index contributed by atoms with van der Waals surface area (Å²) in [6.07, 6.45) is 3.82. The highest BCUT2D eigenvalue weighted by Gasteiger charge is 2.24. The molecule has 3 heterocycles. The largest absolute Gasteiger partial charge is 0.346 e. The van der Waals surface area contributed by atoms with Gasteiger partial charge in [0, 0.05) is 43.0 Å². The summed E-state index contributed by atoms with van der Waals surface area (Å²) in [6.45, 7) is 4.35. The highest BCUT2D eigenvalue weighted by atomic mass is 32.2. The molecule has 3 aromatic rings. The van der Waals surface area contributed by atoms with Crippen LogP contribution in [0.4, 0.5) is 5.69 Å². The lowest BCUT2D eigenvalue weighted by atomic mass is 10.2. The first-order valence-corrected chi connectivity index (χ1v) is 12.6. The fourth-order valence-corrected chi connectivity index (χ4v) is 5.34. The number of hydrogen-bond donors (Lipinski definition) is 2. The Morgan fingerprint density at radius 3 is 2.61 bits per heavy atom. The normalized spacial score (nSPS) is 13.1. The van der Waals surface area contributed by atoms with Crippen LogP contribution in [-0.4, -0.2) is 36.7 Å². The first-order chi connectivity index (χ1) is 15.7. The first-order valence-electron chi connectivity index (χ1n) is 10.3. The van der Waals surface area contributed by atoms with Crippen LogP contribution in [0, 0.1) is 6.92 Å². The lowest BCUT2D eigenvalue weighted by Crippen LogP contribution is -2.26. The molecule has 0 aliphatic carbocycles. The maximum absolute atomic E-state index is 12.7. The van der Waals surface area contributed by atoms with Gasteiger partial charge in [-0.25, -0.2) is 18.1 Å². The van der Waals surface area contributed by atoms with E-state index in [1.165, 1.54) is 30.5 Å². The molecule has 0 atom stereocenters. The van der Waals surface area contributed by atoms with Crippen LogP contribution in [0.15, 0.2) is 47.6 Å². The van der Waals surface area contributed by atoms with Gasteiger partial charge in [0.2, 0.25) is 15.9 Å². The summed E-state index contributed by atoms with van der Waals surface area (Å²) in [5.74, 6) is -0.378. The predicted octanol–water partition coefficient (Wildman–Crippen LogP) is 2.16. The van der Waals surface area contributed by atoms with Crippen molar-refractivity contribution in [3.63, 3.8) is 0 Å². The summed E-state index contributed by atoms with van der Waals surface area (Å²) in [6, 6.07) is 7.99. The van der Waals surface area contributed by atoms with Crippen LogP contribution in [0.25, 0.3) is 0 Å². The number of aromatic nitrogens is 2. The number of thiazole rings is 1. The quantitative estimate of drug-likeness (QED) is 0.529. The lowest BCUT2D eigenvalue weighted by molar-refractivity contribution is -0.116. The van der Waals surface area contributed by atoms with Crippen molar-refractivity contribution in [2.75, 3.05) is 11.4 Å². The maximum Gasteiger partial charge on any atom is 0.270 e. The monoisotopic (exact) mass is 485 g/mol. The topological polar surface area (TPSA) is 121 Å². The summed E-state index contributed by atoms with van der Waals surface area (Å²) in [4.78, 5) is 35.0. The number of nitrogens with one attached hydrogen (secondary N) is 2. The lowest BCUT2D eigenvalue weighted by Gasteiger charge is -2.15. The maximum atomic E-state index is 12.7. The molecule has 33 heavy (non-hydrogen) atoms. The van der Waals surface area contributed by atoms with Crippen molar-refractivity contribution in [1.29, 1.82) is 0 Å². The third-order valence-corrected chi connectivity index (χ3v) is 7.56. The van der Waals surface area contributed by atoms with Crippen molar-refractivity contribution in [3.8, 4) is 0 Å². The van der Waals surface area contributed by atoms with Crippen molar-refractivity contribution in [1.82, 2.24) is 20.0 Å². The van der Waals surface area contributed by atoms with Gasteiger partial charge in [0.1, 0.15) is 5.69 Å². The van der Waals surface area contributed by atoms with E-state index >= 15 is 0 Å². The summed E-state index contributed by atoms with van der Waals surface area (Å²) < 4.78 is 28.0. The SMILES string of the molecule is CC(=O)N1CCc2cc(S(=O)(=O)NCc3ccc(C(=O)NCc4cnc(C)s4)nc3)ccc21. The van der Waals surface area contributed by atoms with Gasteiger partial charge in [0.05, 0.1) is 16.4 Å². The second-order valence-corrected chi connectivity index (χ2v) is 10.7. The molecule has 4 rings (SSSR count). The smallest absolute Gasteiger partial charge is 0.270 e. The fourth-order valence-electron chi connectivity index (χ4n) is 3.54. The Labute approximate surface area is 195 Å². The van der Waals surface area contributed by atoms with Gasteiger partial charge in [0.15, 0.2) is 0 Å². The Balaban J connectivity index is 1.36. The van der Waals surface area contributed by atoms with Gasteiger partial charge in [0.25, 0.3) is 5.91 Å². The zero-order valence-corrected chi connectivity index (χ0v) is 19.8. The molecule has 0 spiro atoms. The van der Waals surface area contributed by atoms with E-state index < -0.39 is 10.0 Å². The second-order valence-electron chi connectivity index (χ2n) is 7.62. The van der Waals surface area contributed by atoms with Gasteiger partial charge in [-0.1, -0.05) is 6.07 Å². The highest BCUT2D eigenvalue weighted by molar-refractivity contribution is 7.89. The summed E-state index contributed by atoms with van der Waals surface area (Å²) >= 11 is 1.51. The van der Waals surface area contributed by atoms with Gasteiger partial charge in [-0.15, -0.1) is 11.3 Å². The summed E-state index contributed by atoms with van der Waals surface area (Å²) in [5.41, 5.74) is 2.46. The molecule has 172 valence electrons. The number of pyridine rings is 1. The number of sulfonamides is 1. The molecular formula is C22H23N5O4S2. The van der Waals surface area contributed by atoms with Crippen molar-refractivity contribution in [2.24, 2.45) is 0 Å². The van der Waals surface area contributed by atoms with Crippen LogP contribution in [-0.2, 0) is 34.3 Å². The van der Waals surface area contributed by atoms with Crippen LogP contribution in [0.2, 0.25) is 0 Å². The molecule has 2 amide bonds. The molecule has 0 fully saturated rings. The first kappa shape index (κ1) is 23.0. The third-order valence-electron chi connectivity index (χ3n) is 5.25. The molecule has 2 aromatic heterocycles. The minimum Gasteiger partial charge on any atom is -0.346 e. The molecule has 0 saturated heterocycles. The third kappa shape index (κ3) is 5.27. The standard InChI is InChI=1S/C22H23N5O4S2/c1-14-23-12-18(32-14)13-25-22(29)20-5-3-16(10-24-20)11-26-33(30,31)19-4-6-21-17(9-19)7-8-27(21)15(2)28/h3-6,9-10,12,26H,7-8,11,13H2,1-2H3,(H,25,29). The van der Waals surface area contributed by atoms with E-state index in [2.05, 4.69) is 20.0 Å². The van der Waals surface area contributed by atoms with Gasteiger partial charge in [-0.2, -0.15) is 0 Å². The van der Waals surface area contributed by atoms with Crippen LogP contribution in [0.5, 0.6) is 0 Å². The molecule has 11 heteroatoms. The number of carbonyl (C=O) groups is 2. The Morgan fingerprint density at radius 2 is 1.94 bits per heavy atom. The number of carbonyl (C=O) groups excluding carboxylic acids is 2. The molecule has 1 aliphatic rings. The highest BCUT2D eigenvalue weighted by Crippen LogP contribution is 2.30. The van der Waals surface area contributed by atoms with E-state index in [9.17, 15) is 18.0 Å². The molecule has 0 saturated carbocycles. The number of hydrogen-bond acceptors (Lipinski definition) is 7. The molecule has 0 bridgehead atoms. The Morgan fingerprint density at radius 1 is 1.12 bits per heavy atom. The van der Waals surface area contributed by atoms with Gasteiger partial charge in [-0.05, 0) is 48.7 Å². The average Bonchev–Trinajstić information content (AvgIpc) is 3.42. The van der Waals surface area contributed by atoms with Crippen molar-refractivity contribution >= 4 is 38.9 Å². The Kier molecular flexibility index (Phi) is 6.54. The minimum absolute atomic E-state index is 0.0357. The minimum atomic E-state index is -3.75. The number of amides is 2. The van der Waals surface area contributed by atoms with E-state index in [-0.39, 0.29) is 28.9 Å². The van der Waals surface area contributed by atoms with E-state index in [0.717, 1.165) is 21.1 Å². The molecular weight excluding hydrogens is 462 g/mol. The fraction of sp³-hybridized carbons (Fsp3) is 0.273. The van der Waals surface area contributed by atoms with E-state index in [4.69, 9.17) is 0 Å². The molecule has 0 unspecified atom stereocenters. The van der Waals surface area contributed by atoms with Gasteiger partial charge < -0.3 is 10.2 Å². The number of anilines is 1. The second kappa shape index (κ2) is 9.38. The number of nitrogens with zero attached hydrogens (tertiary/aromatic N) is 3. The summed E-state index contributed by atoms with van der Waals surface area (Å²) in [7, 11) is -3.75. The van der Waals surface area contributed by atoms with Crippen molar-refractivity contribution in [3.05, 3.63) is 69.4 Å². The average molecular weight is 486 g/mol. The molecule has 1 aromatic carbocycles. The van der Waals surface area contributed by atoms with Crippen LogP contribution in [0.3, 0.4) is 0 Å². The van der Waals surface area contributed by atoms with Gasteiger partial charge in [-0.3, -0.25) is 14.6 Å². The predicted molar refractivity (Wildman–Crippen MR) is 124 cm³/mol. The van der Waals surface area contributed by atoms with Crippen LogP contribution < -0.4 is 14.9 Å². The van der Waals surface area contributed by atoms with E-state index in [1.807, 2.05) is 6.92 Å². The molecule has 1 aliphatic heterocycles. The van der Waals surface area contributed by atoms with E-state index in [1.54, 1.807) is 35.4 Å². The Hall–Kier alpha value is -3.15. The molecule has 2 N–H and O–H groups in total. The van der Waals surface area contributed by atoms with E-state index in [0.29, 0.717) is 25.1 Å². The van der Waals surface area contributed by atoms with Crippen LogP contribution >= 0.6 is 11.3 Å². The number of benzene rings is 1. The number of fused-ring (bicyclic) bond motifs is 1. The van der Waals surface area contributed by atoms with Crippen molar-refractivity contribution in [2.45, 2.75) is 38.3 Å². The molecule has 0 radical (unpaired) electrons. The number of rotatable bonds is 7. The zero-order chi connectivity index (χ0) is 23.6. The summed E-state index contributed by atoms with van der Waals surface area (Å²) in [5, 5.41) is 3.72. The van der Waals surface area contributed by atoms with Gasteiger partial charge >= 0.3 is 0 Å².